The molecule has 1 aliphatic rings. The van der Waals surface area contributed by atoms with Gasteiger partial charge in [0.1, 0.15) is 5.82 Å². The molecule has 0 heterocycles. The summed E-state index contributed by atoms with van der Waals surface area (Å²) >= 11 is 0. The number of benzene rings is 2. The Hall–Kier alpha value is -2.89. The molecule has 5 nitrogen and oxygen atoms in total. The first kappa shape index (κ1) is 19.9. The van der Waals surface area contributed by atoms with Gasteiger partial charge in [0.2, 0.25) is 5.91 Å². The van der Waals surface area contributed by atoms with Crippen LogP contribution in [0.1, 0.15) is 24.0 Å². The van der Waals surface area contributed by atoms with Gasteiger partial charge in [0.15, 0.2) is 5.96 Å². The Morgan fingerprint density at radius 1 is 1.04 bits per heavy atom. The first-order valence-corrected chi connectivity index (χ1v) is 9.62. The van der Waals surface area contributed by atoms with Crippen LogP contribution in [0, 0.1) is 5.82 Å². The number of guanidine groups is 1. The van der Waals surface area contributed by atoms with Crippen LogP contribution in [-0.4, -0.2) is 38.5 Å². The smallest absolute Gasteiger partial charge is 0.224 e. The normalized spacial score (nSPS) is 15.0. The lowest BCUT2D eigenvalue weighted by molar-refractivity contribution is -0.120. The van der Waals surface area contributed by atoms with Gasteiger partial charge in [0, 0.05) is 32.1 Å². The van der Waals surface area contributed by atoms with E-state index in [1.807, 2.05) is 6.07 Å². The zero-order valence-corrected chi connectivity index (χ0v) is 16.2. The summed E-state index contributed by atoms with van der Waals surface area (Å²) in [5.41, 5.74) is 2.24. The summed E-state index contributed by atoms with van der Waals surface area (Å²) in [7, 11) is 1.74. The maximum atomic E-state index is 13.2. The summed E-state index contributed by atoms with van der Waals surface area (Å²) < 4.78 is 13.2. The van der Waals surface area contributed by atoms with Gasteiger partial charge in [-0.25, -0.2) is 4.39 Å². The van der Waals surface area contributed by atoms with Crippen LogP contribution in [0.25, 0.3) is 0 Å². The van der Waals surface area contributed by atoms with Gasteiger partial charge < -0.3 is 16.0 Å². The number of aliphatic imine (C=N–C) groups is 1. The standard InChI is InChI=1S/C22H27FN4O/c1-24-21(27-16-22(10-11-22)18-7-3-2-4-8-18)26-13-12-25-20(28)15-17-6-5-9-19(23)14-17/h2-9,14H,10-13,15-16H2,1H3,(H,25,28)(H2,24,26,27). The molecule has 0 bridgehead atoms. The van der Waals surface area contributed by atoms with Crippen LogP contribution in [0.5, 0.6) is 0 Å². The van der Waals surface area contributed by atoms with Crippen LogP contribution in [-0.2, 0) is 16.6 Å². The third-order valence-electron chi connectivity index (χ3n) is 5.05. The minimum absolute atomic E-state index is 0.128. The molecular weight excluding hydrogens is 355 g/mol. The third kappa shape index (κ3) is 5.55. The molecule has 3 N–H and O–H groups in total. The van der Waals surface area contributed by atoms with E-state index in [2.05, 4.69) is 45.2 Å². The number of rotatable bonds is 8. The number of carbonyl (C=O) groups excluding carboxylic acids is 1. The number of carbonyl (C=O) groups is 1. The molecule has 3 rings (SSSR count). The van der Waals surface area contributed by atoms with Crippen molar-refractivity contribution in [2.24, 2.45) is 4.99 Å². The van der Waals surface area contributed by atoms with Gasteiger partial charge in [-0.1, -0.05) is 42.5 Å². The van der Waals surface area contributed by atoms with Crippen LogP contribution in [0.15, 0.2) is 59.6 Å². The first-order valence-electron chi connectivity index (χ1n) is 9.62. The lowest BCUT2D eigenvalue weighted by Crippen LogP contribution is -2.44. The quantitative estimate of drug-likeness (QED) is 0.373. The molecule has 0 aliphatic heterocycles. The van der Waals surface area contributed by atoms with E-state index in [0.717, 1.165) is 12.5 Å². The van der Waals surface area contributed by atoms with Crippen molar-refractivity contribution >= 4 is 11.9 Å². The van der Waals surface area contributed by atoms with Crippen molar-refractivity contribution in [3.05, 3.63) is 71.5 Å². The van der Waals surface area contributed by atoms with Gasteiger partial charge in [0.05, 0.1) is 6.42 Å². The molecule has 2 aromatic carbocycles. The highest BCUT2D eigenvalue weighted by Gasteiger charge is 2.43. The SMILES string of the molecule is CN=C(NCCNC(=O)Cc1cccc(F)c1)NCC1(c2ccccc2)CC1. The Kier molecular flexibility index (Phi) is 6.63. The molecular formula is C22H27FN4O. The Balaban J connectivity index is 1.36. The minimum Gasteiger partial charge on any atom is -0.356 e. The monoisotopic (exact) mass is 382 g/mol. The van der Waals surface area contributed by atoms with Gasteiger partial charge in [-0.15, -0.1) is 0 Å². The van der Waals surface area contributed by atoms with E-state index in [1.54, 1.807) is 19.2 Å². The predicted molar refractivity (Wildman–Crippen MR) is 110 cm³/mol. The largest absolute Gasteiger partial charge is 0.356 e. The highest BCUT2D eigenvalue weighted by molar-refractivity contribution is 5.80. The second kappa shape index (κ2) is 9.35. The average molecular weight is 382 g/mol. The van der Waals surface area contributed by atoms with Crippen LogP contribution in [0.2, 0.25) is 0 Å². The summed E-state index contributed by atoms with van der Waals surface area (Å²) in [5, 5.41) is 9.44. The van der Waals surface area contributed by atoms with Gasteiger partial charge in [-0.05, 0) is 36.1 Å². The molecule has 0 aromatic heterocycles. The number of nitrogens with one attached hydrogen (secondary N) is 3. The molecule has 1 amide bonds. The van der Waals surface area contributed by atoms with Crippen molar-refractivity contribution in [1.82, 2.24) is 16.0 Å². The zero-order valence-electron chi connectivity index (χ0n) is 16.2. The fourth-order valence-corrected chi connectivity index (χ4v) is 3.26. The van der Waals surface area contributed by atoms with Crippen LogP contribution in [0.3, 0.4) is 0 Å². The molecule has 28 heavy (non-hydrogen) atoms. The molecule has 0 radical (unpaired) electrons. The molecule has 0 spiro atoms. The van der Waals surface area contributed by atoms with Gasteiger partial charge in [0.25, 0.3) is 0 Å². The van der Waals surface area contributed by atoms with Gasteiger partial charge >= 0.3 is 0 Å². The van der Waals surface area contributed by atoms with E-state index < -0.39 is 0 Å². The summed E-state index contributed by atoms with van der Waals surface area (Å²) in [6.07, 6.45) is 2.53. The molecule has 2 aromatic rings. The Bertz CT molecular complexity index is 818. The van der Waals surface area contributed by atoms with Crippen molar-refractivity contribution in [3.63, 3.8) is 0 Å². The predicted octanol–water partition coefficient (Wildman–Crippen LogP) is 2.38. The van der Waals surface area contributed by atoms with Crippen molar-refractivity contribution in [1.29, 1.82) is 0 Å². The van der Waals surface area contributed by atoms with E-state index in [9.17, 15) is 9.18 Å². The zero-order chi connectivity index (χ0) is 19.8. The second-order valence-electron chi connectivity index (χ2n) is 7.16. The molecule has 0 saturated heterocycles. The number of hydrogen-bond acceptors (Lipinski definition) is 2. The number of hydrogen-bond donors (Lipinski definition) is 3. The molecule has 0 unspecified atom stereocenters. The maximum absolute atomic E-state index is 13.2. The third-order valence-corrected chi connectivity index (χ3v) is 5.05. The molecule has 148 valence electrons. The molecule has 1 aliphatic carbocycles. The summed E-state index contributed by atoms with van der Waals surface area (Å²) in [6.45, 7) is 1.87. The van der Waals surface area contributed by atoms with E-state index >= 15 is 0 Å². The van der Waals surface area contributed by atoms with E-state index in [-0.39, 0.29) is 23.6 Å². The molecule has 1 saturated carbocycles. The van der Waals surface area contributed by atoms with E-state index in [1.165, 1.54) is 30.5 Å². The van der Waals surface area contributed by atoms with Gasteiger partial charge in [-0.3, -0.25) is 9.79 Å². The van der Waals surface area contributed by atoms with Crippen molar-refractivity contribution < 1.29 is 9.18 Å². The number of amides is 1. The van der Waals surface area contributed by atoms with E-state index in [0.29, 0.717) is 18.7 Å². The summed E-state index contributed by atoms with van der Waals surface area (Å²) in [5.74, 6) is 0.267. The van der Waals surface area contributed by atoms with Crippen molar-refractivity contribution in [3.8, 4) is 0 Å². The van der Waals surface area contributed by atoms with Crippen LogP contribution < -0.4 is 16.0 Å². The lowest BCUT2D eigenvalue weighted by atomic mass is 9.96. The molecule has 6 heteroatoms. The van der Waals surface area contributed by atoms with E-state index in [4.69, 9.17) is 0 Å². The molecule has 1 fully saturated rings. The first-order chi connectivity index (χ1) is 13.6. The highest BCUT2D eigenvalue weighted by Crippen LogP contribution is 2.47. The number of nitrogens with zero attached hydrogens (tertiary/aromatic N) is 1. The highest BCUT2D eigenvalue weighted by atomic mass is 19.1. The van der Waals surface area contributed by atoms with Crippen molar-refractivity contribution in [2.75, 3.05) is 26.7 Å². The van der Waals surface area contributed by atoms with Crippen LogP contribution >= 0.6 is 0 Å². The fraction of sp³-hybridized carbons (Fsp3) is 0.364. The maximum Gasteiger partial charge on any atom is 0.224 e. The Morgan fingerprint density at radius 3 is 2.46 bits per heavy atom. The van der Waals surface area contributed by atoms with Crippen LogP contribution in [0.4, 0.5) is 4.39 Å². The summed E-state index contributed by atoms with van der Waals surface area (Å²) in [6, 6.07) is 16.7. The fourth-order valence-electron chi connectivity index (χ4n) is 3.26. The van der Waals surface area contributed by atoms with Gasteiger partial charge in [-0.2, -0.15) is 0 Å². The Morgan fingerprint density at radius 2 is 1.79 bits per heavy atom. The topological polar surface area (TPSA) is 65.5 Å². The Labute approximate surface area is 165 Å². The number of halogens is 1. The average Bonchev–Trinajstić information content (AvgIpc) is 3.49. The summed E-state index contributed by atoms with van der Waals surface area (Å²) in [4.78, 5) is 16.2. The minimum atomic E-state index is -0.328. The van der Waals surface area contributed by atoms with Crippen molar-refractivity contribution in [2.45, 2.75) is 24.7 Å². The lowest BCUT2D eigenvalue weighted by Gasteiger charge is -2.19. The molecule has 0 atom stereocenters. The second-order valence-corrected chi connectivity index (χ2v) is 7.16.